The number of ether oxygens (including phenoxy) is 3. The molecule has 1 fully saturated rings. The van der Waals surface area contributed by atoms with Crippen LogP contribution in [0, 0.1) is 5.92 Å². The van der Waals surface area contributed by atoms with Crippen molar-refractivity contribution in [3.8, 4) is 17.2 Å². The predicted molar refractivity (Wildman–Crippen MR) is 75.4 cm³/mol. The molecular weight excluding hydrogens is 258 g/mol. The smallest absolute Gasteiger partial charge is 0.223 e. The normalized spacial score (nSPS) is 14.3. The molecule has 5 nitrogen and oxygen atoms in total. The Morgan fingerprint density at radius 3 is 2.60 bits per heavy atom. The molecule has 110 valence electrons. The third-order valence-corrected chi connectivity index (χ3v) is 3.50. The van der Waals surface area contributed by atoms with E-state index < -0.39 is 0 Å². The van der Waals surface area contributed by atoms with Crippen molar-refractivity contribution in [2.45, 2.75) is 19.3 Å². The molecule has 1 aliphatic carbocycles. The third kappa shape index (κ3) is 3.35. The number of amides is 1. The SMILES string of the molecule is COc1cccc(OCCNC(=O)C2CCC2)c1OC. The third-order valence-electron chi connectivity index (χ3n) is 3.50. The summed E-state index contributed by atoms with van der Waals surface area (Å²) in [5.41, 5.74) is 0. The summed E-state index contributed by atoms with van der Waals surface area (Å²) in [6, 6.07) is 5.46. The van der Waals surface area contributed by atoms with E-state index in [4.69, 9.17) is 14.2 Å². The maximum Gasteiger partial charge on any atom is 0.223 e. The maximum absolute atomic E-state index is 11.6. The van der Waals surface area contributed by atoms with Gasteiger partial charge in [-0.25, -0.2) is 0 Å². The zero-order valence-corrected chi connectivity index (χ0v) is 12.0. The molecule has 1 aromatic rings. The van der Waals surface area contributed by atoms with Gasteiger partial charge in [-0.05, 0) is 25.0 Å². The van der Waals surface area contributed by atoms with Crippen molar-refractivity contribution in [1.29, 1.82) is 0 Å². The molecule has 0 aromatic heterocycles. The summed E-state index contributed by atoms with van der Waals surface area (Å²) in [6.45, 7) is 0.900. The van der Waals surface area contributed by atoms with Gasteiger partial charge in [-0.3, -0.25) is 4.79 Å². The van der Waals surface area contributed by atoms with Crippen LogP contribution in [0.15, 0.2) is 18.2 Å². The topological polar surface area (TPSA) is 56.8 Å². The summed E-state index contributed by atoms with van der Waals surface area (Å²) in [5, 5.41) is 2.88. The van der Waals surface area contributed by atoms with Gasteiger partial charge >= 0.3 is 0 Å². The van der Waals surface area contributed by atoms with Gasteiger partial charge in [0.25, 0.3) is 0 Å². The molecule has 0 heterocycles. The number of para-hydroxylation sites is 1. The first-order valence-corrected chi connectivity index (χ1v) is 6.87. The second-order valence-electron chi connectivity index (χ2n) is 4.76. The molecule has 0 bridgehead atoms. The molecule has 1 saturated carbocycles. The average Bonchev–Trinajstić information content (AvgIpc) is 2.41. The van der Waals surface area contributed by atoms with Crippen molar-refractivity contribution < 1.29 is 19.0 Å². The number of hydrogen-bond donors (Lipinski definition) is 1. The molecule has 0 radical (unpaired) electrons. The van der Waals surface area contributed by atoms with Crippen LogP contribution in [0.5, 0.6) is 17.2 Å². The summed E-state index contributed by atoms with van der Waals surface area (Å²) in [7, 11) is 3.16. The Balaban J connectivity index is 1.80. The highest BCUT2D eigenvalue weighted by Gasteiger charge is 2.24. The van der Waals surface area contributed by atoms with Gasteiger partial charge < -0.3 is 19.5 Å². The van der Waals surface area contributed by atoms with Gasteiger partial charge in [0.15, 0.2) is 11.5 Å². The van der Waals surface area contributed by atoms with E-state index in [9.17, 15) is 4.79 Å². The Bertz CT molecular complexity index is 457. The summed E-state index contributed by atoms with van der Waals surface area (Å²) >= 11 is 0. The standard InChI is InChI=1S/C15H21NO4/c1-18-12-7-4-8-13(14(12)19-2)20-10-9-16-15(17)11-5-3-6-11/h4,7-8,11H,3,5-6,9-10H2,1-2H3,(H,16,17). The lowest BCUT2D eigenvalue weighted by Gasteiger charge is -2.24. The fraction of sp³-hybridized carbons (Fsp3) is 0.533. The van der Waals surface area contributed by atoms with E-state index in [1.165, 1.54) is 0 Å². The predicted octanol–water partition coefficient (Wildman–Crippen LogP) is 2.00. The fourth-order valence-electron chi connectivity index (χ4n) is 2.12. The minimum Gasteiger partial charge on any atom is -0.493 e. The Morgan fingerprint density at radius 1 is 1.25 bits per heavy atom. The van der Waals surface area contributed by atoms with E-state index in [-0.39, 0.29) is 11.8 Å². The van der Waals surface area contributed by atoms with Gasteiger partial charge in [-0.2, -0.15) is 0 Å². The second-order valence-corrected chi connectivity index (χ2v) is 4.76. The Morgan fingerprint density at radius 2 is 2.00 bits per heavy atom. The van der Waals surface area contributed by atoms with Gasteiger partial charge in [0.2, 0.25) is 11.7 Å². The van der Waals surface area contributed by atoms with Crippen LogP contribution in [0.1, 0.15) is 19.3 Å². The van der Waals surface area contributed by atoms with Crippen LogP contribution in [0.2, 0.25) is 0 Å². The number of carbonyl (C=O) groups excluding carboxylic acids is 1. The van der Waals surface area contributed by atoms with Crippen LogP contribution in [0.4, 0.5) is 0 Å². The second kappa shape index (κ2) is 7.03. The Kier molecular flexibility index (Phi) is 5.09. The first-order valence-electron chi connectivity index (χ1n) is 6.87. The van der Waals surface area contributed by atoms with Crippen molar-refractivity contribution in [1.82, 2.24) is 5.32 Å². The van der Waals surface area contributed by atoms with Gasteiger partial charge in [0.05, 0.1) is 20.8 Å². The zero-order valence-electron chi connectivity index (χ0n) is 12.0. The Labute approximate surface area is 119 Å². The summed E-state index contributed by atoms with van der Waals surface area (Å²) < 4.78 is 16.1. The van der Waals surface area contributed by atoms with E-state index in [0.717, 1.165) is 19.3 Å². The molecule has 20 heavy (non-hydrogen) atoms. The lowest BCUT2D eigenvalue weighted by atomic mass is 9.85. The lowest BCUT2D eigenvalue weighted by molar-refractivity contribution is -0.127. The highest BCUT2D eigenvalue weighted by molar-refractivity contribution is 5.79. The number of rotatable bonds is 7. The van der Waals surface area contributed by atoms with Crippen molar-refractivity contribution in [3.05, 3.63) is 18.2 Å². The van der Waals surface area contributed by atoms with Crippen LogP contribution in [-0.2, 0) is 4.79 Å². The minimum atomic E-state index is 0.137. The molecular formula is C15H21NO4. The van der Waals surface area contributed by atoms with Crippen molar-refractivity contribution in [3.63, 3.8) is 0 Å². The number of nitrogens with one attached hydrogen (secondary N) is 1. The molecule has 1 aromatic carbocycles. The van der Waals surface area contributed by atoms with Gasteiger partial charge in [-0.1, -0.05) is 12.5 Å². The number of benzene rings is 1. The molecule has 1 N–H and O–H groups in total. The molecule has 1 amide bonds. The highest BCUT2D eigenvalue weighted by Crippen LogP contribution is 2.36. The van der Waals surface area contributed by atoms with E-state index >= 15 is 0 Å². The first kappa shape index (κ1) is 14.5. The van der Waals surface area contributed by atoms with E-state index in [1.807, 2.05) is 18.2 Å². The highest BCUT2D eigenvalue weighted by atomic mass is 16.5. The summed E-state index contributed by atoms with van der Waals surface area (Å²) in [4.78, 5) is 11.6. The van der Waals surface area contributed by atoms with Crippen LogP contribution in [0.3, 0.4) is 0 Å². The lowest BCUT2D eigenvalue weighted by Crippen LogP contribution is -2.36. The van der Waals surface area contributed by atoms with Gasteiger partial charge in [0, 0.05) is 5.92 Å². The van der Waals surface area contributed by atoms with Crippen molar-refractivity contribution >= 4 is 5.91 Å². The Hall–Kier alpha value is -1.91. The first-order chi connectivity index (χ1) is 9.76. The molecule has 0 saturated heterocycles. The molecule has 0 spiro atoms. The minimum absolute atomic E-state index is 0.137. The van der Waals surface area contributed by atoms with E-state index in [2.05, 4.69) is 5.32 Å². The molecule has 5 heteroatoms. The van der Waals surface area contributed by atoms with Crippen LogP contribution >= 0.6 is 0 Å². The maximum atomic E-state index is 11.6. The monoisotopic (exact) mass is 279 g/mol. The molecule has 2 rings (SSSR count). The summed E-state index contributed by atoms with van der Waals surface area (Å²) in [5.74, 6) is 2.16. The molecule has 0 aliphatic heterocycles. The number of carbonyl (C=O) groups is 1. The van der Waals surface area contributed by atoms with E-state index in [1.54, 1.807) is 14.2 Å². The number of hydrogen-bond acceptors (Lipinski definition) is 4. The molecule has 0 unspecified atom stereocenters. The van der Waals surface area contributed by atoms with Crippen LogP contribution in [-0.4, -0.2) is 33.3 Å². The molecule has 1 aliphatic rings. The quantitative estimate of drug-likeness (QED) is 0.776. The van der Waals surface area contributed by atoms with E-state index in [0.29, 0.717) is 30.4 Å². The van der Waals surface area contributed by atoms with Crippen LogP contribution < -0.4 is 19.5 Å². The fourth-order valence-corrected chi connectivity index (χ4v) is 2.12. The summed E-state index contributed by atoms with van der Waals surface area (Å²) in [6.07, 6.45) is 3.18. The molecule has 0 atom stereocenters. The zero-order chi connectivity index (χ0) is 14.4. The van der Waals surface area contributed by atoms with Crippen molar-refractivity contribution in [2.75, 3.05) is 27.4 Å². The van der Waals surface area contributed by atoms with Crippen LogP contribution in [0.25, 0.3) is 0 Å². The largest absolute Gasteiger partial charge is 0.493 e. The number of methoxy groups -OCH3 is 2. The van der Waals surface area contributed by atoms with Gasteiger partial charge in [-0.15, -0.1) is 0 Å². The average molecular weight is 279 g/mol. The van der Waals surface area contributed by atoms with Crippen molar-refractivity contribution in [2.24, 2.45) is 5.92 Å². The van der Waals surface area contributed by atoms with Gasteiger partial charge in [0.1, 0.15) is 6.61 Å².